The molecule has 0 aromatic heterocycles. The van der Waals surface area contributed by atoms with Crippen molar-refractivity contribution in [3.63, 3.8) is 0 Å². The van der Waals surface area contributed by atoms with E-state index in [1.807, 2.05) is 0 Å². The van der Waals surface area contributed by atoms with Gasteiger partial charge in [0.15, 0.2) is 0 Å². The van der Waals surface area contributed by atoms with Crippen LogP contribution >= 0.6 is 0 Å². The van der Waals surface area contributed by atoms with Gasteiger partial charge in [0, 0.05) is 0 Å². The summed E-state index contributed by atoms with van der Waals surface area (Å²) in [4.78, 5) is 0. The van der Waals surface area contributed by atoms with E-state index in [0.717, 1.165) is 17.8 Å². The van der Waals surface area contributed by atoms with Gasteiger partial charge in [-0.3, -0.25) is 0 Å². The maximum Gasteiger partial charge on any atom is -0.0219 e. The Kier molecular flexibility index (Phi) is 21.5. The highest BCUT2D eigenvalue weighted by Gasteiger charge is 2.25. The lowest BCUT2D eigenvalue weighted by atomic mass is 9.86. The second-order valence-corrected chi connectivity index (χ2v) is 15.9. The second-order valence-electron chi connectivity index (χ2n) is 15.9. The van der Waals surface area contributed by atoms with Gasteiger partial charge >= 0.3 is 0 Å². The summed E-state index contributed by atoms with van der Waals surface area (Å²) in [5.41, 5.74) is 7.21. The first-order chi connectivity index (χ1) is 18.8. The maximum absolute atomic E-state index is 2.42. The summed E-state index contributed by atoms with van der Waals surface area (Å²) in [6, 6.07) is 17.5. The number of rotatable bonds is 4. The van der Waals surface area contributed by atoms with Gasteiger partial charge in [0.05, 0.1) is 0 Å². The molecular formula is C41H74. The Morgan fingerprint density at radius 1 is 0.659 bits per heavy atom. The average molecular weight is 567 g/mol. The predicted molar refractivity (Wildman–Crippen MR) is 191 cm³/mol. The average Bonchev–Trinajstić information content (AvgIpc) is 3.33. The molecule has 0 bridgehead atoms. The van der Waals surface area contributed by atoms with Crippen LogP contribution in [0.15, 0.2) is 48.5 Å². The lowest BCUT2D eigenvalue weighted by Crippen LogP contribution is -2.08. The number of hydrogen-bond acceptors (Lipinski definition) is 0. The molecule has 1 aliphatic rings. The number of aryl methyl sites for hydroxylation is 2. The smallest absolute Gasteiger partial charge is 0.0219 e. The van der Waals surface area contributed by atoms with Crippen molar-refractivity contribution in [2.75, 3.05) is 0 Å². The van der Waals surface area contributed by atoms with E-state index in [1.165, 1.54) is 67.2 Å². The van der Waals surface area contributed by atoms with E-state index in [-0.39, 0.29) is 0 Å². The molecule has 0 saturated heterocycles. The fraction of sp³-hybridized carbons (Fsp3) is 0.707. The van der Waals surface area contributed by atoms with Gasteiger partial charge in [0.25, 0.3) is 0 Å². The van der Waals surface area contributed by atoms with Crippen molar-refractivity contribution in [1.82, 2.24) is 0 Å². The van der Waals surface area contributed by atoms with Crippen LogP contribution in [0.5, 0.6) is 0 Å². The van der Waals surface area contributed by atoms with E-state index in [2.05, 4.69) is 159 Å². The molecule has 0 heterocycles. The molecule has 3 rings (SSSR count). The van der Waals surface area contributed by atoms with Gasteiger partial charge in [-0.2, -0.15) is 0 Å². The van der Waals surface area contributed by atoms with Crippen LogP contribution in [0.4, 0.5) is 0 Å². The SMILES string of the molecule is CCC(C)(C)C.CCC(C)C.CCC1(C)CCCC1.Cc1ccc(C(C)C)cc1.Cc1ccc(CC(C)(C)C)cc1. The maximum atomic E-state index is 2.42. The van der Waals surface area contributed by atoms with Crippen molar-refractivity contribution in [2.24, 2.45) is 22.2 Å². The summed E-state index contributed by atoms with van der Waals surface area (Å²) in [7, 11) is 0. The number of hydrogen-bond donors (Lipinski definition) is 0. The minimum absolute atomic E-state index is 0.398. The van der Waals surface area contributed by atoms with Crippen LogP contribution in [0, 0.1) is 36.0 Å². The Morgan fingerprint density at radius 3 is 1.27 bits per heavy atom. The Balaban J connectivity index is 0. The van der Waals surface area contributed by atoms with Gasteiger partial charge < -0.3 is 0 Å². The van der Waals surface area contributed by atoms with Gasteiger partial charge in [-0.1, -0.05) is 189 Å². The van der Waals surface area contributed by atoms with Crippen LogP contribution in [0.3, 0.4) is 0 Å². The topological polar surface area (TPSA) is 0 Å². The summed E-state index contributed by atoms with van der Waals surface area (Å²) in [5, 5.41) is 0. The monoisotopic (exact) mass is 567 g/mol. The molecule has 0 nitrogen and oxygen atoms in total. The van der Waals surface area contributed by atoms with Crippen molar-refractivity contribution in [2.45, 2.75) is 168 Å². The van der Waals surface area contributed by atoms with Gasteiger partial charge in [-0.15, -0.1) is 0 Å². The van der Waals surface area contributed by atoms with Gasteiger partial charge in [0.1, 0.15) is 0 Å². The largest absolute Gasteiger partial charge is 0.0651 e. The van der Waals surface area contributed by atoms with Crippen LogP contribution in [0.1, 0.15) is 170 Å². The molecule has 238 valence electrons. The zero-order chi connectivity index (χ0) is 32.3. The van der Waals surface area contributed by atoms with E-state index in [1.54, 1.807) is 0 Å². The minimum atomic E-state index is 0.398. The normalized spacial score (nSPS) is 14.0. The Bertz CT molecular complexity index is 844. The fourth-order valence-electron chi connectivity index (χ4n) is 3.85. The minimum Gasteiger partial charge on any atom is -0.0651 e. The van der Waals surface area contributed by atoms with Crippen LogP contribution in [-0.4, -0.2) is 0 Å². The van der Waals surface area contributed by atoms with Crippen LogP contribution in [0.25, 0.3) is 0 Å². The zero-order valence-corrected chi connectivity index (χ0v) is 30.9. The van der Waals surface area contributed by atoms with E-state index in [0.29, 0.717) is 16.7 Å². The molecule has 1 fully saturated rings. The molecular weight excluding hydrogens is 492 g/mol. The third kappa shape index (κ3) is 25.8. The Labute approximate surface area is 260 Å². The van der Waals surface area contributed by atoms with Gasteiger partial charge in [-0.25, -0.2) is 0 Å². The molecule has 0 aliphatic heterocycles. The first-order valence-electron chi connectivity index (χ1n) is 16.9. The fourth-order valence-corrected chi connectivity index (χ4v) is 3.85. The lowest BCUT2D eigenvalue weighted by Gasteiger charge is -2.19. The highest BCUT2D eigenvalue weighted by molar-refractivity contribution is 5.23. The summed E-state index contributed by atoms with van der Waals surface area (Å²) >= 11 is 0. The molecule has 1 aliphatic carbocycles. The molecule has 0 amide bonds. The van der Waals surface area contributed by atoms with Crippen LogP contribution in [0.2, 0.25) is 0 Å². The van der Waals surface area contributed by atoms with E-state index >= 15 is 0 Å². The van der Waals surface area contributed by atoms with Crippen LogP contribution < -0.4 is 0 Å². The van der Waals surface area contributed by atoms with Crippen molar-refractivity contribution in [3.05, 3.63) is 70.8 Å². The summed E-state index contributed by atoms with van der Waals surface area (Å²) < 4.78 is 0. The van der Waals surface area contributed by atoms with Crippen molar-refractivity contribution >= 4 is 0 Å². The first-order valence-corrected chi connectivity index (χ1v) is 16.9. The molecule has 2 aromatic carbocycles. The summed E-state index contributed by atoms with van der Waals surface area (Å²) in [5.74, 6) is 1.54. The van der Waals surface area contributed by atoms with Crippen molar-refractivity contribution in [3.8, 4) is 0 Å². The highest BCUT2D eigenvalue weighted by atomic mass is 14.3. The van der Waals surface area contributed by atoms with E-state index < -0.39 is 0 Å². The summed E-state index contributed by atoms with van der Waals surface area (Å²) in [6.07, 6.45) is 11.0. The Hall–Kier alpha value is -1.56. The molecule has 1 saturated carbocycles. The van der Waals surface area contributed by atoms with Crippen molar-refractivity contribution in [1.29, 1.82) is 0 Å². The molecule has 0 radical (unpaired) electrons. The third-order valence-corrected chi connectivity index (χ3v) is 8.14. The van der Waals surface area contributed by atoms with E-state index in [4.69, 9.17) is 0 Å². The van der Waals surface area contributed by atoms with Gasteiger partial charge in [0.2, 0.25) is 0 Å². The zero-order valence-electron chi connectivity index (χ0n) is 30.9. The van der Waals surface area contributed by atoms with E-state index in [9.17, 15) is 0 Å². The summed E-state index contributed by atoms with van der Waals surface area (Å²) in [6.45, 7) is 35.8. The molecule has 0 spiro atoms. The highest BCUT2D eigenvalue weighted by Crippen LogP contribution is 2.39. The standard InChI is InChI=1S/C12H18.C10H14.C8H16.C6H14.C5H12/c1-10-5-7-11(8-6-10)9-12(2,3)4;1-8(2)10-6-4-9(3)5-7-10;1-3-8(2)6-4-5-7-8;1-5-6(2,3)4;1-4-5(2)3/h5-8H,9H2,1-4H3;4-8H,1-3H3;3-7H2,1-2H3;5H2,1-4H3;5H,4H2,1-3H3. The quantitative estimate of drug-likeness (QED) is 0.345. The first kappa shape index (κ1) is 41.6. The molecule has 0 heteroatoms. The van der Waals surface area contributed by atoms with Crippen LogP contribution in [-0.2, 0) is 6.42 Å². The molecule has 0 N–H and O–H groups in total. The van der Waals surface area contributed by atoms with Crippen molar-refractivity contribution < 1.29 is 0 Å². The second kappa shape index (κ2) is 21.2. The Morgan fingerprint density at radius 2 is 1.02 bits per heavy atom. The number of benzene rings is 2. The molecule has 0 atom stereocenters. The predicted octanol–water partition coefficient (Wildman–Crippen LogP) is 14.2. The molecule has 41 heavy (non-hydrogen) atoms. The van der Waals surface area contributed by atoms with Gasteiger partial charge in [-0.05, 0) is 72.3 Å². The molecule has 2 aromatic rings. The lowest BCUT2D eigenvalue weighted by molar-refractivity contribution is 0.323. The third-order valence-electron chi connectivity index (χ3n) is 8.14. The molecule has 0 unspecified atom stereocenters.